The maximum absolute atomic E-state index is 11.8. The van der Waals surface area contributed by atoms with Gasteiger partial charge in [0, 0.05) is 23.8 Å². The first kappa shape index (κ1) is 12.9. The third-order valence-electron chi connectivity index (χ3n) is 2.97. The van der Waals surface area contributed by atoms with Gasteiger partial charge in [-0.2, -0.15) is 0 Å². The summed E-state index contributed by atoms with van der Waals surface area (Å²) in [6, 6.07) is 1.74. The van der Waals surface area contributed by atoms with Gasteiger partial charge in [-0.15, -0.1) is 24.0 Å². The SMILES string of the molecule is COC1CCCC(OC(=O)c2cc(S)cs2)C1. The summed E-state index contributed by atoms with van der Waals surface area (Å²) in [5, 5.41) is 1.83. The summed E-state index contributed by atoms with van der Waals surface area (Å²) < 4.78 is 10.8. The fourth-order valence-electron chi connectivity index (χ4n) is 2.07. The minimum Gasteiger partial charge on any atom is -0.458 e. The number of ether oxygens (including phenoxy) is 2. The zero-order valence-electron chi connectivity index (χ0n) is 9.72. The second-order valence-corrected chi connectivity index (χ2v) is 5.65. The first-order valence-corrected chi connectivity index (χ1v) is 7.03. The average Bonchev–Trinajstić information content (AvgIpc) is 2.76. The second-order valence-electron chi connectivity index (χ2n) is 4.22. The molecule has 0 radical (unpaired) electrons. The van der Waals surface area contributed by atoms with Gasteiger partial charge in [0.25, 0.3) is 0 Å². The molecule has 0 saturated heterocycles. The number of hydrogen-bond donors (Lipinski definition) is 1. The molecule has 17 heavy (non-hydrogen) atoms. The molecular formula is C12H16O3S2. The number of rotatable bonds is 3. The molecule has 1 aromatic rings. The van der Waals surface area contributed by atoms with Gasteiger partial charge >= 0.3 is 5.97 Å². The van der Waals surface area contributed by atoms with Crippen molar-refractivity contribution in [3.63, 3.8) is 0 Å². The predicted molar refractivity (Wildman–Crippen MR) is 70.0 cm³/mol. The Hall–Kier alpha value is -0.520. The van der Waals surface area contributed by atoms with E-state index in [9.17, 15) is 4.79 Å². The van der Waals surface area contributed by atoms with E-state index in [2.05, 4.69) is 12.6 Å². The maximum atomic E-state index is 11.8. The van der Waals surface area contributed by atoms with Crippen molar-refractivity contribution in [3.05, 3.63) is 16.3 Å². The molecule has 0 N–H and O–H groups in total. The summed E-state index contributed by atoms with van der Waals surface area (Å²) in [6.45, 7) is 0. The van der Waals surface area contributed by atoms with Crippen LogP contribution in [0.4, 0.5) is 0 Å². The van der Waals surface area contributed by atoms with E-state index in [1.54, 1.807) is 13.2 Å². The number of methoxy groups -OCH3 is 1. The molecule has 5 heteroatoms. The van der Waals surface area contributed by atoms with Crippen molar-refractivity contribution in [2.24, 2.45) is 0 Å². The number of thiol groups is 1. The molecule has 0 aromatic carbocycles. The quantitative estimate of drug-likeness (QED) is 0.678. The fourth-order valence-corrected chi connectivity index (χ4v) is 3.10. The molecule has 1 heterocycles. The molecule has 0 bridgehead atoms. The molecular weight excluding hydrogens is 256 g/mol. The first-order chi connectivity index (χ1) is 8.19. The smallest absolute Gasteiger partial charge is 0.348 e. The van der Waals surface area contributed by atoms with Crippen molar-refractivity contribution in [2.75, 3.05) is 7.11 Å². The topological polar surface area (TPSA) is 35.5 Å². The van der Waals surface area contributed by atoms with E-state index in [0.29, 0.717) is 4.88 Å². The third kappa shape index (κ3) is 3.47. The van der Waals surface area contributed by atoms with Crippen LogP contribution in [0.25, 0.3) is 0 Å². The standard InChI is InChI=1S/C12H16O3S2/c1-14-8-3-2-4-9(5-8)15-12(13)11-6-10(16)7-17-11/h6-9,16H,2-5H2,1H3. The minimum atomic E-state index is -0.239. The van der Waals surface area contributed by atoms with Crippen LogP contribution < -0.4 is 0 Å². The Bertz CT molecular complexity index is 389. The van der Waals surface area contributed by atoms with E-state index in [1.807, 2.05) is 5.38 Å². The molecule has 1 aliphatic rings. The van der Waals surface area contributed by atoms with Crippen molar-refractivity contribution in [1.29, 1.82) is 0 Å². The molecule has 0 aliphatic heterocycles. The van der Waals surface area contributed by atoms with Crippen LogP contribution >= 0.6 is 24.0 Å². The Balaban J connectivity index is 1.90. The van der Waals surface area contributed by atoms with Gasteiger partial charge in [0.15, 0.2) is 0 Å². The molecule has 2 unspecified atom stereocenters. The van der Waals surface area contributed by atoms with Gasteiger partial charge in [0.2, 0.25) is 0 Å². The summed E-state index contributed by atoms with van der Waals surface area (Å²) in [5.41, 5.74) is 0. The summed E-state index contributed by atoms with van der Waals surface area (Å²) in [4.78, 5) is 13.3. The van der Waals surface area contributed by atoms with Crippen LogP contribution in [0.3, 0.4) is 0 Å². The lowest BCUT2D eigenvalue weighted by molar-refractivity contribution is -0.0146. The van der Waals surface area contributed by atoms with Crippen LogP contribution in [0, 0.1) is 0 Å². The highest BCUT2D eigenvalue weighted by Crippen LogP contribution is 2.25. The summed E-state index contributed by atoms with van der Waals surface area (Å²) in [5.74, 6) is -0.239. The molecule has 2 atom stereocenters. The van der Waals surface area contributed by atoms with Gasteiger partial charge in [-0.05, 0) is 25.3 Å². The van der Waals surface area contributed by atoms with Crippen LogP contribution in [-0.2, 0) is 9.47 Å². The second kappa shape index (κ2) is 5.89. The van der Waals surface area contributed by atoms with Gasteiger partial charge in [-0.3, -0.25) is 0 Å². The van der Waals surface area contributed by atoms with Crippen molar-refractivity contribution >= 4 is 29.9 Å². The van der Waals surface area contributed by atoms with Crippen LogP contribution in [0.15, 0.2) is 16.3 Å². The monoisotopic (exact) mass is 272 g/mol. The lowest BCUT2D eigenvalue weighted by Gasteiger charge is -2.27. The lowest BCUT2D eigenvalue weighted by Crippen LogP contribution is -2.29. The highest BCUT2D eigenvalue weighted by molar-refractivity contribution is 7.80. The number of carbonyl (C=O) groups excluding carboxylic acids is 1. The van der Waals surface area contributed by atoms with Crippen molar-refractivity contribution < 1.29 is 14.3 Å². The first-order valence-electron chi connectivity index (χ1n) is 5.70. The number of thiophene rings is 1. The Labute approximate surface area is 111 Å². The molecule has 0 spiro atoms. The largest absolute Gasteiger partial charge is 0.458 e. The predicted octanol–water partition coefficient (Wildman–Crippen LogP) is 3.15. The van der Waals surface area contributed by atoms with Crippen LogP contribution in [-0.4, -0.2) is 25.3 Å². The average molecular weight is 272 g/mol. The molecule has 2 rings (SSSR count). The molecule has 94 valence electrons. The Kier molecular flexibility index (Phi) is 4.48. The Morgan fingerprint density at radius 2 is 2.24 bits per heavy atom. The van der Waals surface area contributed by atoms with Gasteiger partial charge in [-0.25, -0.2) is 4.79 Å². The molecule has 1 saturated carbocycles. The summed E-state index contributed by atoms with van der Waals surface area (Å²) in [7, 11) is 1.71. The zero-order valence-corrected chi connectivity index (χ0v) is 11.4. The van der Waals surface area contributed by atoms with E-state index < -0.39 is 0 Å². The Morgan fingerprint density at radius 1 is 1.47 bits per heavy atom. The van der Waals surface area contributed by atoms with Crippen molar-refractivity contribution in [3.8, 4) is 0 Å². The van der Waals surface area contributed by atoms with E-state index in [0.717, 1.165) is 30.6 Å². The van der Waals surface area contributed by atoms with Crippen LogP contribution in [0.1, 0.15) is 35.4 Å². The minimum absolute atomic E-state index is 0.00772. The van der Waals surface area contributed by atoms with Crippen LogP contribution in [0.5, 0.6) is 0 Å². The summed E-state index contributed by atoms with van der Waals surface area (Å²) >= 11 is 5.55. The Morgan fingerprint density at radius 3 is 2.88 bits per heavy atom. The van der Waals surface area contributed by atoms with E-state index in [-0.39, 0.29) is 18.2 Å². The van der Waals surface area contributed by atoms with E-state index >= 15 is 0 Å². The highest BCUT2D eigenvalue weighted by Gasteiger charge is 2.25. The third-order valence-corrected chi connectivity index (χ3v) is 4.31. The number of hydrogen-bond acceptors (Lipinski definition) is 5. The van der Waals surface area contributed by atoms with Crippen molar-refractivity contribution in [2.45, 2.75) is 42.8 Å². The van der Waals surface area contributed by atoms with Gasteiger partial charge in [-0.1, -0.05) is 0 Å². The fraction of sp³-hybridized carbons (Fsp3) is 0.583. The number of esters is 1. The van der Waals surface area contributed by atoms with Gasteiger partial charge in [0.1, 0.15) is 11.0 Å². The van der Waals surface area contributed by atoms with Crippen molar-refractivity contribution in [1.82, 2.24) is 0 Å². The molecule has 1 aromatic heterocycles. The van der Waals surface area contributed by atoms with E-state index in [4.69, 9.17) is 9.47 Å². The molecule has 0 amide bonds. The lowest BCUT2D eigenvalue weighted by atomic mass is 9.95. The zero-order chi connectivity index (χ0) is 12.3. The number of carbonyl (C=O) groups is 1. The van der Waals surface area contributed by atoms with E-state index in [1.165, 1.54) is 11.3 Å². The normalized spacial score (nSPS) is 24.6. The van der Waals surface area contributed by atoms with Gasteiger partial charge < -0.3 is 9.47 Å². The maximum Gasteiger partial charge on any atom is 0.348 e. The summed E-state index contributed by atoms with van der Waals surface area (Å²) in [6.07, 6.45) is 4.08. The van der Waals surface area contributed by atoms with Gasteiger partial charge in [0.05, 0.1) is 6.10 Å². The van der Waals surface area contributed by atoms with Crippen LogP contribution in [0.2, 0.25) is 0 Å². The molecule has 1 aliphatic carbocycles. The highest BCUT2D eigenvalue weighted by atomic mass is 32.1. The molecule has 1 fully saturated rings. The molecule has 3 nitrogen and oxygen atoms in total.